The van der Waals surface area contributed by atoms with Gasteiger partial charge in [0, 0.05) is 38.5 Å². The van der Waals surface area contributed by atoms with Crippen molar-refractivity contribution in [2.24, 2.45) is 11.7 Å². The lowest BCUT2D eigenvalue weighted by Gasteiger charge is -2.19. The number of hydrogen-bond acceptors (Lipinski definition) is 3. The van der Waals surface area contributed by atoms with Crippen LogP contribution in [0, 0.1) is 5.92 Å². The zero-order valence-corrected chi connectivity index (χ0v) is 12.0. The fraction of sp³-hybridized carbons (Fsp3) is 0.846. The molecule has 106 valence electrons. The van der Waals surface area contributed by atoms with Crippen molar-refractivity contribution < 1.29 is 9.59 Å². The minimum absolute atomic E-state index is 0.0773. The van der Waals surface area contributed by atoms with Crippen LogP contribution in [0.15, 0.2) is 0 Å². The molecule has 0 spiro atoms. The van der Waals surface area contributed by atoms with Gasteiger partial charge in [-0.1, -0.05) is 13.8 Å². The van der Waals surface area contributed by atoms with Crippen molar-refractivity contribution in [1.82, 2.24) is 10.2 Å². The Morgan fingerprint density at radius 3 is 2.22 bits per heavy atom. The first-order valence-corrected chi connectivity index (χ1v) is 6.72. The van der Waals surface area contributed by atoms with Crippen LogP contribution in [-0.2, 0) is 9.59 Å². The molecule has 0 aliphatic carbocycles. The maximum Gasteiger partial charge on any atom is 0.224 e. The predicted molar refractivity (Wildman–Crippen MR) is 73.0 cm³/mol. The third-order valence-electron chi connectivity index (χ3n) is 3.05. The van der Waals surface area contributed by atoms with Crippen LogP contribution in [0.25, 0.3) is 0 Å². The van der Waals surface area contributed by atoms with Gasteiger partial charge in [0.1, 0.15) is 0 Å². The van der Waals surface area contributed by atoms with E-state index in [2.05, 4.69) is 5.32 Å². The van der Waals surface area contributed by atoms with E-state index in [4.69, 9.17) is 5.73 Å². The quantitative estimate of drug-likeness (QED) is 0.673. The summed E-state index contributed by atoms with van der Waals surface area (Å²) in [5.41, 5.74) is 5.80. The number of hydrogen-bond donors (Lipinski definition) is 2. The molecule has 0 aromatic heterocycles. The van der Waals surface area contributed by atoms with Gasteiger partial charge in [-0.05, 0) is 19.8 Å². The lowest BCUT2D eigenvalue weighted by Crippen LogP contribution is -2.37. The molecule has 0 aliphatic rings. The average Bonchev–Trinajstić information content (AvgIpc) is 2.30. The Hall–Kier alpha value is -1.10. The van der Waals surface area contributed by atoms with E-state index >= 15 is 0 Å². The van der Waals surface area contributed by atoms with E-state index in [0.717, 1.165) is 0 Å². The Bertz CT molecular complexity index is 263. The van der Waals surface area contributed by atoms with Gasteiger partial charge in [-0.2, -0.15) is 0 Å². The molecular formula is C13H27N3O2. The molecule has 2 amide bonds. The Morgan fingerprint density at radius 2 is 1.78 bits per heavy atom. The number of nitrogens with two attached hydrogens (primary N) is 1. The molecule has 5 heteroatoms. The van der Waals surface area contributed by atoms with Crippen LogP contribution < -0.4 is 11.1 Å². The third-order valence-corrected chi connectivity index (χ3v) is 3.05. The number of carbonyl (C=O) groups excluding carboxylic acids is 2. The number of nitrogens with zero attached hydrogens (tertiary/aromatic N) is 1. The summed E-state index contributed by atoms with van der Waals surface area (Å²) in [5, 5.41) is 2.74. The normalized spacial score (nSPS) is 12.3. The molecule has 0 aromatic rings. The molecule has 0 heterocycles. The SMILES string of the molecule is CCN(CC)C(=O)CCNC(=O)CC(N)C(C)C. The first-order chi connectivity index (χ1) is 8.42. The van der Waals surface area contributed by atoms with Crippen molar-refractivity contribution in [2.45, 2.75) is 46.6 Å². The smallest absolute Gasteiger partial charge is 0.224 e. The zero-order valence-electron chi connectivity index (χ0n) is 12.0. The van der Waals surface area contributed by atoms with E-state index in [0.29, 0.717) is 32.5 Å². The van der Waals surface area contributed by atoms with Gasteiger partial charge < -0.3 is 16.0 Å². The van der Waals surface area contributed by atoms with Gasteiger partial charge in [-0.3, -0.25) is 9.59 Å². The van der Waals surface area contributed by atoms with Crippen molar-refractivity contribution in [1.29, 1.82) is 0 Å². The average molecular weight is 257 g/mol. The molecule has 0 saturated heterocycles. The highest BCUT2D eigenvalue weighted by Gasteiger charge is 2.13. The van der Waals surface area contributed by atoms with Crippen LogP contribution >= 0.6 is 0 Å². The largest absolute Gasteiger partial charge is 0.356 e. The fourth-order valence-corrected chi connectivity index (χ4v) is 1.57. The van der Waals surface area contributed by atoms with Crippen molar-refractivity contribution in [3.63, 3.8) is 0 Å². The first-order valence-electron chi connectivity index (χ1n) is 6.72. The highest BCUT2D eigenvalue weighted by atomic mass is 16.2. The summed E-state index contributed by atoms with van der Waals surface area (Å²) in [6.45, 7) is 9.68. The minimum Gasteiger partial charge on any atom is -0.356 e. The summed E-state index contributed by atoms with van der Waals surface area (Å²) < 4.78 is 0. The molecule has 18 heavy (non-hydrogen) atoms. The molecule has 0 aliphatic heterocycles. The summed E-state index contributed by atoms with van der Waals surface area (Å²) in [7, 11) is 0. The van der Waals surface area contributed by atoms with Gasteiger partial charge in [-0.25, -0.2) is 0 Å². The van der Waals surface area contributed by atoms with E-state index in [-0.39, 0.29) is 23.8 Å². The second-order valence-electron chi connectivity index (χ2n) is 4.78. The Kier molecular flexibility index (Phi) is 8.37. The maximum absolute atomic E-state index is 11.7. The second kappa shape index (κ2) is 8.91. The van der Waals surface area contributed by atoms with E-state index < -0.39 is 0 Å². The van der Waals surface area contributed by atoms with Crippen LogP contribution in [0.3, 0.4) is 0 Å². The van der Waals surface area contributed by atoms with E-state index in [1.807, 2.05) is 27.7 Å². The van der Waals surface area contributed by atoms with Crippen LogP contribution in [-0.4, -0.2) is 42.4 Å². The van der Waals surface area contributed by atoms with Gasteiger partial charge >= 0.3 is 0 Å². The Balaban J connectivity index is 3.84. The van der Waals surface area contributed by atoms with Gasteiger partial charge in [0.15, 0.2) is 0 Å². The van der Waals surface area contributed by atoms with Crippen molar-refractivity contribution in [2.75, 3.05) is 19.6 Å². The van der Waals surface area contributed by atoms with Gasteiger partial charge in [0.25, 0.3) is 0 Å². The Labute approximate surface area is 110 Å². The van der Waals surface area contributed by atoms with Crippen molar-refractivity contribution in [3.05, 3.63) is 0 Å². The van der Waals surface area contributed by atoms with Crippen molar-refractivity contribution >= 4 is 11.8 Å². The molecule has 0 bridgehead atoms. The molecule has 0 aromatic carbocycles. The number of rotatable bonds is 8. The summed E-state index contributed by atoms with van der Waals surface area (Å²) in [5.74, 6) is 0.282. The molecule has 5 nitrogen and oxygen atoms in total. The zero-order chi connectivity index (χ0) is 14.1. The molecular weight excluding hydrogens is 230 g/mol. The molecule has 0 radical (unpaired) electrons. The fourth-order valence-electron chi connectivity index (χ4n) is 1.57. The lowest BCUT2D eigenvalue weighted by atomic mass is 10.0. The molecule has 3 N–H and O–H groups in total. The first kappa shape index (κ1) is 16.9. The van der Waals surface area contributed by atoms with Crippen LogP contribution in [0.5, 0.6) is 0 Å². The molecule has 0 rings (SSSR count). The van der Waals surface area contributed by atoms with Crippen LogP contribution in [0.2, 0.25) is 0 Å². The summed E-state index contributed by atoms with van der Waals surface area (Å²) in [6.07, 6.45) is 0.668. The molecule has 0 saturated carbocycles. The number of amides is 2. The molecule has 0 fully saturated rings. The molecule has 1 atom stereocenters. The standard InChI is InChI=1S/C13H27N3O2/c1-5-16(6-2)13(18)7-8-15-12(17)9-11(14)10(3)4/h10-11H,5-9,14H2,1-4H3,(H,15,17). The Morgan fingerprint density at radius 1 is 1.22 bits per heavy atom. The maximum atomic E-state index is 11.7. The van der Waals surface area contributed by atoms with Gasteiger partial charge in [0.05, 0.1) is 0 Å². The predicted octanol–water partition coefficient (Wildman–Crippen LogP) is 0.735. The summed E-state index contributed by atoms with van der Waals surface area (Å²) >= 11 is 0. The van der Waals surface area contributed by atoms with E-state index in [1.54, 1.807) is 4.90 Å². The number of nitrogens with one attached hydrogen (secondary N) is 1. The molecule has 1 unspecified atom stereocenters. The van der Waals surface area contributed by atoms with Crippen LogP contribution in [0.1, 0.15) is 40.5 Å². The van der Waals surface area contributed by atoms with E-state index in [9.17, 15) is 9.59 Å². The van der Waals surface area contributed by atoms with Crippen LogP contribution in [0.4, 0.5) is 0 Å². The summed E-state index contributed by atoms with van der Waals surface area (Å²) in [4.78, 5) is 25.0. The summed E-state index contributed by atoms with van der Waals surface area (Å²) in [6, 6.07) is -0.122. The highest BCUT2D eigenvalue weighted by molar-refractivity contribution is 5.79. The lowest BCUT2D eigenvalue weighted by molar-refractivity contribution is -0.130. The topological polar surface area (TPSA) is 75.4 Å². The highest BCUT2D eigenvalue weighted by Crippen LogP contribution is 2.02. The van der Waals surface area contributed by atoms with Gasteiger partial charge in [0.2, 0.25) is 11.8 Å². The van der Waals surface area contributed by atoms with E-state index in [1.165, 1.54) is 0 Å². The third kappa shape index (κ3) is 6.59. The minimum atomic E-state index is -0.122. The monoisotopic (exact) mass is 257 g/mol. The number of carbonyl (C=O) groups is 2. The van der Waals surface area contributed by atoms with Gasteiger partial charge in [-0.15, -0.1) is 0 Å². The second-order valence-corrected chi connectivity index (χ2v) is 4.78. The van der Waals surface area contributed by atoms with Crippen molar-refractivity contribution in [3.8, 4) is 0 Å².